The highest BCUT2D eigenvalue weighted by Gasteiger charge is 2.20. The second-order valence-electron chi connectivity index (χ2n) is 4.88. The molecular formula is C16H11ClF2O2. The molecule has 2 aromatic carbocycles. The molecule has 0 aliphatic carbocycles. The van der Waals surface area contributed by atoms with Crippen LogP contribution in [0.4, 0.5) is 8.78 Å². The van der Waals surface area contributed by atoms with E-state index < -0.39 is 11.6 Å². The lowest BCUT2D eigenvalue weighted by atomic mass is 10.00. The summed E-state index contributed by atoms with van der Waals surface area (Å²) in [4.78, 5) is 12.2. The molecule has 2 aromatic rings. The van der Waals surface area contributed by atoms with Crippen LogP contribution in [-0.2, 0) is 12.8 Å². The normalized spacial score (nSPS) is 12.9. The predicted molar refractivity (Wildman–Crippen MR) is 75.0 cm³/mol. The zero-order chi connectivity index (χ0) is 15.0. The number of hydrogen-bond acceptors (Lipinski definition) is 2. The smallest absolute Gasteiger partial charge is 0.167 e. The summed E-state index contributed by atoms with van der Waals surface area (Å²) in [5.41, 5.74) is 1.76. The van der Waals surface area contributed by atoms with Gasteiger partial charge in [-0.2, -0.15) is 0 Å². The number of halogens is 3. The Morgan fingerprint density at radius 2 is 2.00 bits per heavy atom. The molecule has 1 aliphatic heterocycles. The van der Waals surface area contributed by atoms with Crippen LogP contribution in [0.15, 0.2) is 30.3 Å². The monoisotopic (exact) mass is 308 g/mol. The molecule has 0 atom stereocenters. The van der Waals surface area contributed by atoms with Crippen LogP contribution >= 0.6 is 11.6 Å². The molecule has 0 amide bonds. The average Bonchev–Trinajstić information content (AvgIpc) is 2.90. The Labute approximate surface area is 125 Å². The number of ketones is 1. The van der Waals surface area contributed by atoms with Gasteiger partial charge in [0, 0.05) is 29.0 Å². The van der Waals surface area contributed by atoms with Crippen LogP contribution in [0.5, 0.6) is 5.75 Å². The fourth-order valence-electron chi connectivity index (χ4n) is 2.42. The van der Waals surface area contributed by atoms with Crippen LogP contribution in [0.25, 0.3) is 0 Å². The minimum absolute atomic E-state index is 0.0357. The fourth-order valence-corrected chi connectivity index (χ4v) is 2.69. The first-order chi connectivity index (χ1) is 10.0. The molecule has 0 saturated heterocycles. The van der Waals surface area contributed by atoms with Gasteiger partial charge in [-0.05, 0) is 35.9 Å². The molecule has 0 radical (unpaired) electrons. The number of hydrogen-bond donors (Lipinski definition) is 0. The second kappa shape index (κ2) is 5.45. The molecule has 2 nitrogen and oxygen atoms in total. The van der Waals surface area contributed by atoms with E-state index in [1.165, 1.54) is 6.07 Å². The zero-order valence-corrected chi connectivity index (χ0v) is 11.7. The van der Waals surface area contributed by atoms with Gasteiger partial charge < -0.3 is 4.74 Å². The summed E-state index contributed by atoms with van der Waals surface area (Å²) < 4.78 is 31.6. The Morgan fingerprint density at radius 3 is 2.76 bits per heavy atom. The molecule has 0 bridgehead atoms. The van der Waals surface area contributed by atoms with Crippen LogP contribution in [0.3, 0.4) is 0 Å². The number of fused-ring (bicyclic) bond motifs is 1. The minimum Gasteiger partial charge on any atom is -0.493 e. The van der Waals surface area contributed by atoms with Crippen molar-refractivity contribution in [3.8, 4) is 5.75 Å². The van der Waals surface area contributed by atoms with E-state index in [1.807, 2.05) is 6.07 Å². The molecule has 5 heteroatoms. The largest absolute Gasteiger partial charge is 0.493 e. The van der Waals surface area contributed by atoms with Crippen LogP contribution in [0, 0.1) is 11.6 Å². The van der Waals surface area contributed by atoms with Crippen LogP contribution < -0.4 is 4.74 Å². The van der Waals surface area contributed by atoms with Crippen molar-refractivity contribution in [3.05, 3.63) is 63.7 Å². The van der Waals surface area contributed by atoms with E-state index in [-0.39, 0.29) is 17.8 Å². The van der Waals surface area contributed by atoms with Crippen LogP contribution in [0.2, 0.25) is 5.02 Å². The quantitative estimate of drug-likeness (QED) is 0.802. The van der Waals surface area contributed by atoms with Gasteiger partial charge in [-0.15, -0.1) is 0 Å². The van der Waals surface area contributed by atoms with Crippen molar-refractivity contribution in [1.82, 2.24) is 0 Å². The Bertz CT molecular complexity index is 728. The topological polar surface area (TPSA) is 26.3 Å². The Kier molecular flexibility index (Phi) is 3.64. The van der Waals surface area contributed by atoms with E-state index in [2.05, 4.69) is 0 Å². The molecule has 1 aliphatic rings. The molecule has 0 fully saturated rings. The van der Waals surface area contributed by atoms with Crippen molar-refractivity contribution >= 4 is 17.4 Å². The molecule has 0 unspecified atom stereocenters. The van der Waals surface area contributed by atoms with Gasteiger partial charge in [-0.3, -0.25) is 4.79 Å². The van der Waals surface area contributed by atoms with E-state index in [4.69, 9.17) is 16.3 Å². The third kappa shape index (κ3) is 2.76. The number of ether oxygens (including phenoxy) is 1. The third-order valence-corrected chi connectivity index (χ3v) is 3.64. The first kappa shape index (κ1) is 14.0. The summed E-state index contributed by atoms with van der Waals surface area (Å²) in [6.45, 7) is 0.558. The molecule has 0 spiro atoms. The van der Waals surface area contributed by atoms with E-state index in [1.54, 1.807) is 6.07 Å². The minimum atomic E-state index is -1.03. The second-order valence-corrected chi connectivity index (χ2v) is 5.32. The number of carbonyl (C=O) groups is 1. The molecule has 21 heavy (non-hydrogen) atoms. The van der Waals surface area contributed by atoms with Gasteiger partial charge in [0.05, 0.1) is 6.61 Å². The van der Waals surface area contributed by atoms with Crippen molar-refractivity contribution in [1.29, 1.82) is 0 Å². The lowest BCUT2D eigenvalue weighted by Crippen LogP contribution is -2.06. The van der Waals surface area contributed by atoms with E-state index in [0.717, 1.165) is 24.1 Å². The average molecular weight is 309 g/mol. The molecule has 1 heterocycles. The summed E-state index contributed by atoms with van der Waals surface area (Å²) in [5.74, 6) is -1.64. The number of Topliss-reactive ketones (excluding diaryl/α,β-unsaturated/α-hetero) is 1. The standard InChI is InChI=1S/C16H11ClF2O2/c17-12-5-10-3-4-21-16(10)11(6-12)8-15(20)9-1-2-13(18)14(19)7-9/h1-2,5-7H,3-4,8H2. The number of benzene rings is 2. The van der Waals surface area contributed by atoms with Crippen molar-refractivity contribution in [3.63, 3.8) is 0 Å². The maximum absolute atomic E-state index is 13.2. The van der Waals surface area contributed by atoms with E-state index >= 15 is 0 Å². The van der Waals surface area contributed by atoms with Gasteiger partial charge in [0.15, 0.2) is 17.4 Å². The summed E-state index contributed by atoms with van der Waals surface area (Å²) in [6.07, 6.45) is 0.788. The summed E-state index contributed by atoms with van der Waals surface area (Å²) in [7, 11) is 0. The lowest BCUT2D eigenvalue weighted by Gasteiger charge is -2.08. The molecule has 0 N–H and O–H groups in total. The number of rotatable bonds is 3. The van der Waals surface area contributed by atoms with Crippen LogP contribution in [-0.4, -0.2) is 12.4 Å². The summed E-state index contributed by atoms with van der Waals surface area (Å²) >= 11 is 6.03. The Balaban J connectivity index is 1.90. The highest BCUT2D eigenvalue weighted by molar-refractivity contribution is 6.30. The SMILES string of the molecule is O=C(Cc1cc(Cl)cc2c1OCC2)c1ccc(F)c(F)c1. The van der Waals surface area contributed by atoms with Gasteiger partial charge in [0.1, 0.15) is 5.75 Å². The highest BCUT2D eigenvalue weighted by atomic mass is 35.5. The molecule has 3 rings (SSSR count). The lowest BCUT2D eigenvalue weighted by molar-refractivity contribution is 0.0991. The number of carbonyl (C=O) groups excluding carboxylic acids is 1. The van der Waals surface area contributed by atoms with Crippen molar-refractivity contribution in [2.75, 3.05) is 6.61 Å². The maximum Gasteiger partial charge on any atom is 0.167 e. The molecular weight excluding hydrogens is 298 g/mol. The van der Waals surface area contributed by atoms with Crippen molar-refractivity contribution < 1.29 is 18.3 Å². The summed E-state index contributed by atoms with van der Waals surface area (Å²) in [5, 5.41) is 0.535. The van der Waals surface area contributed by atoms with Gasteiger partial charge in [0.2, 0.25) is 0 Å². The Hall–Kier alpha value is -1.94. The van der Waals surface area contributed by atoms with Crippen molar-refractivity contribution in [2.45, 2.75) is 12.8 Å². The van der Waals surface area contributed by atoms with Gasteiger partial charge in [-0.25, -0.2) is 8.78 Å². The zero-order valence-electron chi connectivity index (χ0n) is 11.0. The first-order valence-corrected chi connectivity index (χ1v) is 6.85. The van der Waals surface area contributed by atoms with Gasteiger partial charge in [-0.1, -0.05) is 11.6 Å². The Morgan fingerprint density at radius 1 is 1.19 bits per heavy atom. The fraction of sp³-hybridized carbons (Fsp3) is 0.188. The van der Waals surface area contributed by atoms with Gasteiger partial charge >= 0.3 is 0 Å². The highest BCUT2D eigenvalue weighted by Crippen LogP contribution is 2.33. The maximum atomic E-state index is 13.2. The third-order valence-electron chi connectivity index (χ3n) is 3.42. The first-order valence-electron chi connectivity index (χ1n) is 6.47. The van der Waals surface area contributed by atoms with Crippen molar-refractivity contribution in [2.24, 2.45) is 0 Å². The van der Waals surface area contributed by atoms with E-state index in [9.17, 15) is 13.6 Å². The molecule has 0 aromatic heterocycles. The molecule has 0 saturated carbocycles. The molecule has 108 valence electrons. The van der Waals surface area contributed by atoms with E-state index in [0.29, 0.717) is 22.9 Å². The van der Waals surface area contributed by atoms with Gasteiger partial charge in [0.25, 0.3) is 0 Å². The predicted octanol–water partition coefficient (Wildman–Crippen LogP) is 3.98. The van der Waals surface area contributed by atoms with Crippen LogP contribution in [0.1, 0.15) is 21.5 Å². The summed E-state index contributed by atoms with van der Waals surface area (Å²) in [6, 6.07) is 6.61.